The van der Waals surface area contributed by atoms with E-state index in [1.54, 1.807) is 0 Å². The van der Waals surface area contributed by atoms with E-state index in [0.717, 1.165) is 70.6 Å². The van der Waals surface area contributed by atoms with Gasteiger partial charge in [-0.2, -0.15) is 0 Å². The minimum atomic E-state index is -4.38. The van der Waals surface area contributed by atoms with Crippen LogP contribution in [0.5, 0.6) is 0 Å². The fourth-order valence-electron chi connectivity index (χ4n) is 5.53. The molecule has 0 fully saturated rings. The van der Waals surface area contributed by atoms with Crippen molar-refractivity contribution in [3.63, 3.8) is 0 Å². The lowest BCUT2D eigenvalue weighted by Gasteiger charge is -2.24. The number of phosphoric acid groups is 1. The molecule has 0 aromatic carbocycles. The zero-order valence-corrected chi connectivity index (χ0v) is 36.1. The van der Waals surface area contributed by atoms with Crippen LogP contribution in [0.1, 0.15) is 168 Å². The highest BCUT2D eigenvalue weighted by atomic mass is 31.2. The number of esters is 2. The van der Waals surface area contributed by atoms with Gasteiger partial charge < -0.3 is 18.9 Å². The number of hydrogen-bond acceptors (Lipinski definition) is 7. The van der Waals surface area contributed by atoms with Gasteiger partial charge in [0.25, 0.3) is 0 Å². The molecule has 10 heteroatoms. The van der Waals surface area contributed by atoms with Crippen LogP contribution in [0.3, 0.4) is 0 Å². The minimum absolute atomic E-state index is 0.0259. The van der Waals surface area contributed by atoms with Gasteiger partial charge in [0, 0.05) is 12.8 Å². The Labute approximate surface area is 331 Å². The van der Waals surface area contributed by atoms with Crippen molar-refractivity contribution >= 4 is 19.8 Å². The van der Waals surface area contributed by atoms with E-state index in [9.17, 15) is 19.0 Å². The molecule has 9 nitrogen and oxygen atoms in total. The first-order valence-electron chi connectivity index (χ1n) is 21.4. The Balaban J connectivity index is 4.43. The fourth-order valence-corrected chi connectivity index (χ4v) is 6.27. The molecule has 0 aliphatic carbocycles. The van der Waals surface area contributed by atoms with Crippen LogP contribution >= 0.6 is 7.82 Å². The van der Waals surface area contributed by atoms with Gasteiger partial charge in [-0.05, 0) is 51.4 Å². The molecule has 1 unspecified atom stereocenters. The van der Waals surface area contributed by atoms with Crippen LogP contribution in [0.2, 0.25) is 0 Å². The highest BCUT2D eigenvalue weighted by molar-refractivity contribution is 7.47. The van der Waals surface area contributed by atoms with E-state index in [1.165, 1.54) is 64.2 Å². The molecule has 0 aromatic rings. The van der Waals surface area contributed by atoms with Gasteiger partial charge in [-0.15, -0.1) is 0 Å². The summed E-state index contributed by atoms with van der Waals surface area (Å²) in [7, 11) is 1.46. The monoisotopic (exact) mass is 783 g/mol. The number of hydrogen-bond donors (Lipinski definition) is 1. The van der Waals surface area contributed by atoms with Crippen LogP contribution in [-0.4, -0.2) is 74.9 Å². The Bertz CT molecular complexity index is 1070. The van der Waals surface area contributed by atoms with Crippen molar-refractivity contribution in [1.82, 2.24) is 0 Å². The number of rotatable bonds is 38. The molecule has 0 amide bonds. The summed E-state index contributed by atoms with van der Waals surface area (Å²) in [6, 6.07) is 0. The van der Waals surface area contributed by atoms with Crippen LogP contribution in [-0.2, 0) is 32.7 Å². The highest BCUT2D eigenvalue weighted by Crippen LogP contribution is 2.43. The molecule has 0 aromatic heterocycles. The molecule has 0 aliphatic heterocycles. The van der Waals surface area contributed by atoms with Crippen LogP contribution in [0.4, 0.5) is 0 Å². The lowest BCUT2D eigenvalue weighted by molar-refractivity contribution is -0.870. The SMILES string of the molecule is CC/C=C\C/C=C\C/C=C\C/C=C\CCCCCCC(=O)O[C@H](COC(=O)CCCCCCCCCCCCCCC)COP(=O)(O)OCC[N+](C)(C)C. The first-order valence-corrected chi connectivity index (χ1v) is 22.9. The van der Waals surface area contributed by atoms with Gasteiger partial charge in [0.15, 0.2) is 6.10 Å². The Morgan fingerprint density at radius 1 is 0.593 bits per heavy atom. The summed E-state index contributed by atoms with van der Waals surface area (Å²) in [5.41, 5.74) is 0. The normalized spacial score (nSPS) is 14.1. The van der Waals surface area contributed by atoms with Crippen LogP contribution in [0, 0.1) is 0 Å². The van der Waals surface area contributed by atoms with E-state index in [1.807, 2.05) is 21.1 Å². The third-order valence-electron chi connectivity index (χ3n) is 8.87. The van der Waals surface area contributed by atoms with E-state index in [0.29, 0.717) is 17.4 Å². The van der Waals surface area contributed by atoms with Gasteiger partial charge in [-0.3, -0.25) is 18.6 Å². The highest BCUT2D eigenvalue weighted by Gasteiger charge is 2.27. The molecule has 1 N–H and O–H groups in total. The Kier molecular flexibility index (Phi) is 35.2. The molecule has 314 valence electrons. The molecule has 0 rings (SSSR count). The molecule has 0 bridgehead atoms. The van der Waals surface area contributed by atoms with Crippen LogP contribution < -0.4 is 0 Å². The third kappa shape index (κ3) is 39.7. The molecule has 2 atom stereocenters. The van der Waals surface area contributed by atoms with Gasteiger partial charge in [0.1, 0.15) is 19.8 Å². The third-order valence-corrected chi connectivity index (χ3v) is 9.86. The van der Waals surface area contributed by atoms with Crippen molar-refractivity contribution < 1.29 is 42.1 Å². The predicted molar refractivity (Wildman–Crippen MR) is 224 cm³/mol. The molecule has 0 saturated carbocycles. The molecule has 0 saturated heterocycles. The number of ether oxygens (including phenoxy) is 2. The van der Waals surface area contributed by atoms with E-state index in [2.05, 4.69) is 62.5 Å². The fraction of sp³-hybridized carbons (Fsp3) is 0.773. The summed E-state index contributed by atoms with van der Waals surface area (Å²) in [6.07, 6.45) is 41.5. The number of allylic oxidation sites excluding steroid dienone is 8. The lowest BCUT2D eigenvalue weighted by atomic mass is 10.0. The van der Waals surface area contributed by atoms with Crippen LogP contribution in [0.15, 0.2) is 48.6 Å². The Hall–Kier alpha value is -2.03. The van der Waals surface area contributed by atoms with Gasteiger partial charge in [0.2, 0.25) is 0 Å². The summed E-state index contributed by atoms with van der Waals surface area (Å²) in [5, 5.41) is 0. The summed E-state index contributed by atoms with van der Waals surface area (Å²) < 4.78 is 34.2. The second kappa shape index (κ2) is 36.6. The number of carbonyl (C=O) groups is 2. The maximum atomic E-state index is 12.7. The predicted octanol–water partition coefficient (Wildman–Crippen LogP) is 11.9. The van der Waals surface area contributed by atoms with E-state index in [-0.39, 0.29) is 32.0 Å². The summed E-state index contributed by atoms with van der Waals surface area (Å²) >= 11 is 0. The second-order valence-corrected chi connectivity index (χ2v) is 16.8. The van der Waals surface area contributed by atoms with Crippen molar-refractivity contribution in [3.8, 4) is 0 Å². The smallest absolute Gasteiger partial charge is 0.462 e. The van der Waals surface area contributed by atoms with Crippen molar-refractivity contribution in [1.29, 1.82) is 0 Å². The van der Waals surface area contributed by atoms with Crippen molar-refractivity contribution in [2.24, 2.45) is 0 Å². The molecule has 0 spiro atoms. The summed E-state index contributed by atoms with van der Waals surface area (Å²) in [6.45, 7) is 4.27. The average molecular weight is 783 g/mol. The average Bonchev–Trinajstić information content (AvgIpc) is 3.12. The summed E-state index contributed by atoms with van der Waals surface area (Å²) in [4.78, 5) is 35.3. The maximum Gasteiger partial charge on any atom is 0.472 e. The largest absolute Gasteiger partial charge is 0.472 e. The molecule has 0 radical (unpaired) electrons. The molecule has 54 heavy (non-hydrogen) atoms. The quantitative estimate of drug-likeness (QED) is 0.0217. The zero-order valence-electron chi connectivity index (χ0n) is 35.2. The Morgan fingerprint density at radius 3 is 1.57 bits per heavy atom. The second-order valence-electron chi connectivity index (χ2n) is 15.4. The van der Waals surface area contributed by atoms with Crippen molar-refractivity contribution in [2.45, 2.75) is 174 Å². The number of unbranched alkanes of at least 4 members (excludes halogenated alkanes) is 16. The number of nitrogens with zero attached hydrogens (tertiary/aromatic N) is 1. The van der Waals surface area contributed by atoms with Gasteiger partial charge >= 0.3 is 19.8 Å². The molecule has 0 heterocycles. The number of phosphoric ester groups is 1. The zero-order chi connectivity index (χ0) is 40.0. The van der Waals surface area contributed by atoms with E-state index in [4.69, 9.17) is 18.5 Å². The first kappa shape index (κ1) is 52.0. The number of quaternary nitrogens is 1. The first-order chi connectivity index (χ1) is 26.0. The number of likely N-dealkylation sites (N-methyl/N-ethyl adjacent to an activating group) is 1. The maximum absolute atomic E-state index is 12.7. The lowest BCUT2D eigenvalue weighted by Crippen LogP contribution is -2.37. The standard InChI is InChI=1S/C44H80NO8P/c1-6-8-10-12-14-16-18-20-21-22-23-25-27-29-31-33-35-37-44(47)53-42(41-52-54(48,49)51-39-38-45(3,4)5)40-50-43(46)36-34-32-30-28-26-24-19-17-15-13-11-9-7-2/h8,10,14,16,20-21,23,25,42H,6-7,9,11-13,15,17-19,22,24,26-41H2,1-5H3/p+1/b10-8-,16-14-,21-20-,25-23-/t42-/m1/s1. The van der Waals surface area contributed by atoms with Gasteiger partial charge in [0.05, 0.1) is 27.7 Å². The van der Waals surface area contributed by atoms with Gasteiger partial charge in [-0.1, -0.05) is 152 Å². The van der Waals surface area contributed by atoms with Crippen molar-refractivity contribution in [3.05, 3.63) is 48.6 Å². The van der Waals surface area contributed by atoms with E-state index < -0.39 is 26.5 Å². The number of carbonyl (C=O) groups excluding carboxylic acids is 2. The van der Waals surface area contributed by atoms with Crippen LogP contribution in [0.25, 0.3) is 0 Å². The molecular formula is C44H81NO8P+. The minimum Gasteiger partial charge on any atom is -0.462 e. The van der Waals surface area contributed by atoms with Crippen molar-refractivity contribution in [2.75, 3.05) is 47.5 Å². The topological polar surface area (TPSA) is 108 Å². The Morgan fingerprint density at radius 2 is 1.06 bits per heavy atom. The molecular weight excluding hydrogens is 701 g/mol. The van der Waals surface area contributed by atoms with E-state index >= 15 is 0 Å². The molecule has 0 aliphatic rings. The van der Waals surface area contributed by atoms with Gasteiger partial charge in [-0.25, -0.2) is 4.57 Å². The summed E-state index contributed by atoms with van der Waals surface area (Å²) in [5.74, 6) is -0.826.